The number of carbonyl (C=O) groups is 3. The van der Waals surface area contributed by atoms with Crippen molar-refractivity contribution >= 4 is 57.8 Å². The first-order chi connectivity index (χ1) is 19.3. The Kier molecular flexibility index (Phi) is 7.52. The maximum absolute atomic E-state index is 13.2. The van der Waals surface area contributed by atoms with Crippen LogP contribution in [0.5, 0.6) is 5.75 Å². The van der Waals surface area contributed by atoms with Crippen molar-refractivity contribution < 1.29 is 19.1 Å². The van der Waals surface area contributed by atoms with Gasteiger partial charge < -0.3 is 20.7 Å². The Balaban J connectivity index is 1.24. The van der Waals surface area contributed by atoms with Gasteiger partial charge in [0, 0.05) is 28.3 Å². The van der Waals surface area contributed by atoms with Crippen molar-refractivity contribution in [1.82, 2.24) is 0 Å². The molecule has 0 radical (unpaired) electrons. The van der Waals surface area contributed by atoms with Crippen LogP contribution in [0.3, 0.4) is 0 Å². The molecule has 1 heterocycles. The minimum absolute atomic E-state index is 0.0587. The van der Waals surface area contributed by atoms with Gasteiger partial charge in [0.25, 0.3) is 17.7 Å². The second-order valence-corrected chi connectivity index (χ2v) is 9.41. The molecule has 3 amide bonds. The summed E-state index contributed by atoms with van der Waals surface area (Å²) in [6, 6.07) is 28.8. The lowest BCUT2D eigenvalue weighted by Gasteiger charge is -2.18. The number of benzene rings is 4. The molecule has 0 saturated carbocycles. The van der Waals surface area contributed by atoms with E-state index in [1.807, 2.05) is 67.6 Å². The van der Waals surface area contributed by atoms with Gasteiger partial charge in [-0.05, 0) is 85.3 Å². The molecule has 0 bridgehead atoms. The highest BCUT2D eigenvalue weighted by Gasteiger charge is 2.40. The van der Waals surface area contributed by atoms with Crippen molar-refractivity contribution in [3.8, 4) is 5.75 Å². The number of rotatable bonds is 8. The van der Waals surface area contributed by atoms with E-state index in [9.17, 15) is 14.4 Å². The maximum Gasteiger partial charge on any atom is 0.283 e. The first-order valence-electron chi connectivity index (χ1n) is 12.4. The molecule has 0 atom stereocenters. The van der Waals surface area contributed by atoms with Gasteiger partial charge in [-0.2, -0.15) is 0 Å². The highest BCUT2D eigenvalue weighted by Crippen LogP contribution is 2.36. The van der Waals surface area contributed by atoms with Crippen molar-refractivity contribution in [2.24, 2.45) is 0 Å². The van der Waals surface area contributed by atoms with Crippen LogP contribution in [-0.2, 0) is 9.59 Å². The van der Waals surface area contributed by atoms with E-state index in [0.717, 1.165) is 21.8 Å². The number of aryl methyl sites for hydroxylation is 1. The SMILES string of the molecule is COc1ccc(C)cc1N1C(=O)C(Cl)=C(Nc2ccc(C(=O)Nc3ccc(Nc4ccccc4)cc3)cc2)C1=O. The molecule has 0 fully saturated rings. The summed E-state index contributed by atoms with van der Waals surface area (Å²) in [7, 11) is 1.46. The Morgan fingerprint density at radius 3 is 2.02 bits per heavy atom. The summed E-state index contributed by atoms with van der Waals surface area (Å²) >= 11 is 6.28. The van der Waals surface area contributed by atoms with E-state index in [4.69, 9.17) is 16.3 Å². The molecule has 0 unspecified atom stereocenters. The first-order valence-corrected chi connectivity index (χ1v) is 12.8. The van der Waals surface area contributed by atoms with Crippen LogP contribution in [0.2, 0.25) is 0 Å². The molecule has 5 rings (SSSR count). The summed E-state index contributed by atoms with van der Waals surface area (Å²) in [5.74, 6) is -1.18. The molecule has 0 aromatic heterocycles. The number of carbonyl (C=O) groups excluding carboxylic acids is 3. The van der Waals surface area contributed by atoms with Crippen LogP contribution in [0, 0.1) is 6.92 Å². The number of ether oxygens (including phenoxy) is 1. The van der Waals surface area contributed by atoms with Crippen molar-refractivity contribution in [1.29, 1.82) is 0 Å². The minimum atomic E-state index is -0.654. The Hall–Kier alpha value is -5.08. The first kappa shape index (κ1) is 26.5. The number of hydrogen-bond acceptors (Lipinski definition) is 6. The number of anilines is 5. The van der Waals surface area contributed by atoms with Crippen LogP contribution in [-0.4, -0.2) is 24.8 Å². The summed E-state index contributed by atoms with van der Waals surface area (Å²) in [6.45, 7) is 1.85. The molecule has 200 valence electrons. The number of methoxy groups -OCH3 is 1. The van der Waals surface area contributed by atoms with Gasteiger partial charge in [-0.1, -0.05) is 35.9 Å². The van der Waals surface area contributed by atoms with Crippen LogP contribution in [0.1, 0.15) is 15.9 Å². The zero-order valence-corrected chi connectivity index (χ0v) is 22.5. The van der Waals surface area contributed by atoms with Crippen molar-refractivity contribution in [3.05, 3.63) is 119 Å². The molecule has 1 aliphatic rings. The van der Waals surface area contributed by atoms with Crippen molar-refractivity contribution in [3.63, 3.8) is 0 Å². The molecule has 1 aliphatic heterocycles. The highest BCUT2D eigenvalue weighted by molar-refractivity contribution is 6.53. The van der Waals surface area contributed by atoms with Gasteiger partial charge in [-0.15, -0.1) is 0 Å². The average molecular weight is 553 g/mol. The third kappa shape index (κ3) is 5.52. The van der Waals surface area contributed by atoms with Crippen LogP contribution in [0.15, 0.2) is 108 Å². The summed E-state index contributed by atoms with van der Waals surface area (Å²) < 4.78 is 5.34. The van der Waals surface area contributed by atoms with E-state index in [2.05, 4.69) is 16.0 Å². The van der Waals surface area contributed by atoms with Gasteiger partial charge >= 0.3 is 0 Å². The maximum atomic E-state index is 13.2. The van der Waals surface area contributed by atoms with E-state index >= 15 is 0 Å². The molecule has 0 aliphatic carbocycles. The van der Waals surface area contributed by atoms with Crippen molar-refractivity contribution in [2.45, 2.75) is 6.92 Å². The number of nitrogens with one attached hydrogen (secondary N) is 3. The molecule has 8 nitrogen and oxygen atoms in total. The van der Waals surface area contributed by atoms with E-state index < -0.39 is 11.8 Å². The predicted molar refractivity (Wildman–Crippen MR) is 157 cm³/mol. The fourth-order valence-electron chi connectivity index (χ4n) is 4.18. The summed E-state index contributed by atoms with van der Waals surface area (Å²) in [5.41, 5.74) is 4.51. The summed E-state index contributed by atoms with van der Waals surface area (Å²) in [6.07, 6.45) is 0. The van der Waals surface area contributed by atoms with Gasteiger partial charge in [-0.25, -0.2) is 4.90 Å². The van der Waals surface area contributed by atoms with Gasteiger partial charge in [0.2, 0.25) is 0 Å². The van der Waals surface area contributed by atoms with Crippen LogP contribution < -0.4 is 25.6 Å². The van der Waals surface area contributed by atoms with Gasteiger partial charge in [0.1, 0.15) is 16.5 Å². The molecule has 0 saturated heterocycles. The summed E-state index contributed by atoms with van der Waals surface area (Å²) in [4.78, 5) is 39.9. The zero-order chi connectivity index (χ0) is 28.2. The largest absolute Gasteiger partial charge is 0.495 e. The fourth-order valence-corrected chi connectivity index (χ4v) is 4.40. The Bertz CT molecular complexity index is 1620. The molecule has 9 heteroatoms. The molecular weight excluding hydrogens is 528 g/mol. The smallest absolute Gasteiger partial charge is 0.283 e. The summed E-state index contributed by atoms with van der Waals surface area (Å²) in [5, 5.41) is 8.85. The number of halogens is 1. The van der Waals surface area contributed by atoms with Crippen molar-refractivity contribution in [2.75, 3.05) is 28.0 Å². The normalized spacial score (nSPS) is 12.9. The molecule has 0 spiro atoms. The number of amides is 3. The lowest BCUT2D eigenvalue weighted by atomic mass is 10.1. The lowest BCUT2D eigenvalue weighted by Crippen LogP contribution is -2.32. The highest BCUT2D eigenvalue weighted by atomic mass is 35.5. The average Bonchev–Trinajstić information content (AvgIpc) is 3.17. The van der Waals surface area contributed by atoms with Gasteiger partial charge in [0.05, 0.1) is 12.8 Å². The van der Waals surface area contributed by atoms with Gasteiger partial charge in [0.15, 0.2) is 0 Å². The van der Waals surface area contributed by atoms with E-state index in [0.29, 0.717) is 28.4 Å². The van der Waals surface area contributed by atoms with E-state index in [1.54, 1.807) is 36.4 Å². The Morgan fingerprint density at radius 2 is 1.35 bits per heavy atom. The third-order valence-corrected chi connectivity index (χ3v) is 6.57. The second kappa shape index (κ2) is 11.3. The molecule has 40 heavy (non-hydrogen) atoms. The van der Waals surface area contributed by atoms with E-state index in [-0.39, 0.29) is 16.6 Å². The number of hydrogen-bond donors (Lipinski definition) is 3. The number of imide groups is 1. The predicted octanol–water partition coefficient (Wildman–Crippen LogP) is 6.44. The molecular formula is C31H25ClN4O4. The Labute approximate surface area is 236 Å². The lowest BCUT2D eigenvalue weighted by molar-refractivity contribution is -0.120. The van der Waals surface area contributed by atoms with Crippen LogP contribution >= 0.6 is 11.6 Å². The number of nitrogens with zero attached hydrogens (tertiary/aromatic N) is 1. The van der Waals surface area contributed by atoms with Crippen LogP contribution in [0.4, 0.5) is 28.4 Å². The Morgan fingerprint density at radius 1 is 0.750 bits per heavy atom. The minimum Gasteiger partial charge on any atom is -0.495 e. The molecule has 4 aromatic rings. The molecule has 4 aromatic carbocycles. The molecule has 3 N–H and O–H groups in total. The second-order valence-electron chi connectivity index (χ2n) is 9.03. The quantitative estimate of drug-likeness (QED) is 0.218. The zero-order valence-electron chi connectivity index (χ0n) is 21.7. The monoisotopic (exact) mass is 552 g/mol. The number of para-hydroxylation sites is 1. The van der Waals surface area contributed by atoms with Gasteiger partial charge in [-0.3, -0.25) is 14.4 Å². The topological polar surface area (TPSA) is 99.8 Å². The fraction of sp³-hybridized carbons (Fsp3) is 0.0645. The third-order valence-electron chi connectivity index (χ3n) is 6.22. The van der Waals surface area contributed by atoms with Crippen LogP contribution in [0.25, 0.3) is 0 Å². The standard InChI is InChI=1S/C31H25ClN4O4/c1-19-8-17-26(40-2)25(18-19)36-30(38)27(32)28(31(36)39)34-23-11-9-20(10-12-23)29(37)35-24-15-13-22(14-16-24)33-21-6-4-3-5-7-21/h3-18,33-34H,1-2H3,(H,35,37). The van der Waals surface area contributed by atoms with E-state index in [1.165, 1.54) is 7.11 Å².